The summed E-state index contributed by atoms with van der Waals surface area (Å²) in [6.45, 7) is 4.72. The lowest BCUT2D eigenvalue weighted by Gasteiger charge is -2.15. The van der Waals surface area contributed by atoms with Gasteiger partial charge in [-0.25, -0.2) is 0 Å². The number of rotatable bonds is 8. The molecule has 0 aliphatic carbocycles. The standard InChI is InChI=1S/C19H23NO5/c1-5-24-14-8-9-17(25-6-2)15(11-14)19(21)20-16-12-13(22-3)7-10-18(16)23-4/h7-12H,5-6H2,1-4H3,(H,20,21). The number of benzene rings is 2. The Bertz CT molecular complexity index is 730. The molecule has 0 aliphatic rings. The summed E-state index contributed by atoms with van der Waals surface area (Å²) in [6.07, 6.45) is 0. The molecule has 2 aromatic rings. The van der Waals surface area contributed by atoms with Crippen molar-refractivity contribution in [2.45, 2.75) is 13.8 Å². The van der Waals surface area contributed by atoms with Gasteiger partial charge in [-0.15, -0.1) is 0 Å². The summed E-state index contributed by atoms with van der Waals surface area (Å²) in [4.78, 5) is 12.8. The van der Waals surface area contributed by atoms with E-state index < -0.39 is 0 Å². The van der Waals surface area contributed by atoms with Gasteiger partial charge in [0.05, 0.1) is 38.7 Å². The van der Waals surface area contributed by atoms with Crippen molar-refractivity contribution in [3.63, 3.8) is 0 Å². The van der Waals surface area contributed by atoms with Crippen molar-refractivity contribution in [1.82, 2.24) is 0 Å². The Hall–Kier alpha value is -2.89. The van der Waals surface area contributed by atoms with Gasteiger partial charge in [0, 0.05) is 6.07 Å². The van der Waals surface area contributed by atoms with E-state index in [1.807, 2.05) is 13.8 Å². The van der Waals surface area contributed by atoms with E-state index in [-0.39, 0.29) is 5.91 Å². The zero-order valence-electron chi connectivity index (χ0n) is 14.9. The van der Waals surface area contributed by atoms with E-state index >= 15 is 0 Å². The van der Waals surface area contributed by atoms with Crippen LogP contribution in [0.4, 0.5) is 5.69 Å². The van der Waals surface area contributed by atoms with Crippen LogP contribution < -0.4 is 24.3 Å². The lowest BCUT2D eigenvalue weighted by molar-refractivity contribution is 0.102. The van der Waals surface area contributed by atoms with Crippen LogP contribution in [0.3, 0.4) is 0 Å². The third kappa shape index (κ3) is 4.56. The molecule has 134 valence electrons. The van der Waals surface area contributed by atoms with Gasteiger partial charge in [0.1, 0.15) is 23.0 Å². The highest BCUT2D eigenvalue weighted by atomic mass is 16.5. The fourth-order valence-electron chi connectivity index (χ4n) is 2.33. The van der Waals surface area contributed by atoms with E-state index in [9.17, 15) is 4.79 Å². The summed E-state index contributed by atoms with van der Waals surface area (Å²) in [5, 5.41) is 2.84. The molecule has 0 radical (unpaired) electrons. The van der Waals surface area contributed by atoms with Crippen LogP contribution in [-0.4, -0.2) is 33.3 Å². The predicted octanol–water partition coefficient (Wildman–Crippen LogP) is 3.75. The number of carbonyl (C=O) groups is 1. The van der Waals surface area contributed by atoms with Crippen LogP contribution in [-0.2, 0) is 0 Å². The number of hydrogen-bond donors (Lipinski definition) is 1. The molecule has 6 heteroatoms. The Kier molecular flexibility index (Phi) is 6.51. The molecule has 1 amide bonds. The Morgan fingerprint density at radius 1 is 0.880 bits per heavy atom. The zero-order chi connectivity index (χ0) is 18.2. The minimum Gasteiger partial charge on any atom is -0.497 e. The number of amides is 1. The lowest BCUT2D eigenvalue weighted by Crippen LogP contribution is -2.15. The monoisotopic (exact) mass is 345 g/mol. The summed E-state index contributed by atoms with van der Waals surface area (Å²) in [6, 6.07) is 10.4. The molecule has 0 atom stereocenters. The number of anilines is 1. The average molecular weight is 345 g/mol. The Morgan fingerprint density at radius 3 is 2.20 bits per heavy atom. The van der Waals surface area contributed by atoms with Crippen LogP contribution in [0.1, 0.15) is 24.2 Å². The van der Waals surface area contributed by atoms with Gasteiger partial charge in [-0.2, -0.15) is 0 Å². The molecule has 0 spiro atoms. The number of methoxy groups -OCH3 is 2. The number of carbonyl (C=O) groups excluding carboxylic acids is 1. The van der Waals surface area contributed by atoms with Crippen LogP contribution in [0, 0.1) is 0 Å². The minimum absolute atomic E-state index is 0.323. The van der Waals surface area contributed by atoms with E-state index in [1.54, 1.807) is 50.6 Å². The van der Waals surface area contributed by atoms with E-state index in [4.69, 9.17) is 18.9 Å². The number of ether oxygens (including phenoxy) is 4. The quantitative estimate of drug-likeness (QED) is 0.789. The summed E-state index contributed by atoms with van der Waals surface area (Å²) in [7, 11) is 3.10. The van der Waals surface area contributed by atoms with Gasteiger partial charge in [0.15, 0.2) is 0 Å². The molecule has 1 N–H and O–H groups in total. The SMILES string of the molecule is CCOc1ccc(OCC)c(C(=O)Nc2cc(OC)ccc2OC)c1. The van der Waals surface area contributed by atoms with E-state index in [0.29, 0.717) is 47.5 Å². The lowest BCUT2D eigenvalue weighted by atomic mass is 10.1. The van der Waals surface area contributed by atoms with Gasteiger partial charge in [-0.05, 0) is 44.2 Å². The zero-order valence-corrected chi connectivity index (χ0v) is 14.9. The Morgan fingerprint density at radius 2 is 1.56 bits per heavy atom. The fourth-order valence-corrected chi connectivity index (χ4v) is 2.33. The molecule has 0 aromatic heterocycles. The minimum atomic E-state index is -0.323. The molecule has 25 heavy (non-hydrogen) atoms. The highest BCUT2D eigenvalue weighted by Crippen LogP contribution is 2.31. The molecule has 2 rings (SSSR count). The first-order valence-electron chi connectivity index (χ1n) is 8.05. The molecular formula is C19H23NO5. The summed E-state index contributed by atoms with van der Waals surface area (Å²) >= 11 is 0. The van der Waals surface area contributed by atoms with Gasteiger partial charge in [0.25, 0.3) is 5.91 Å². The Balaban J connectivity index is 2.35. The molecule has 0 fully saturated rings. The average Bonchev–Trinajstić information content (AvgIpc) is 2.63. The highest BCUT2D eigenvalue weighted by molar-refractivity contribution is 6.07. The van der Waals surface area contributed by atoms with Gasteiger partial charge in [-0.1, -0.05) is 0 Å². The second-order valence-corrected chi connectivity index (χ2v) is 5.04. The molecule has 0 saturated heterocycles. The topological polar surface area (TPSA) is 66.0 Å². The number of hydrogen-bond acceptors (Lipinski definition) is 5. The van der Waals surface area contributed by atoms with Crippen LogP contribution >= 0.6 is 0 Å². The van der Waals surface area contributed by atoms with Crippen LogP contribution in [0.2, 0.25) is 0 Å². The fraction of sp³-hybridized carbons (Fsp3) is 0.316. The normalized spacial score (nSPS) is 10.1. The molecule has 0 heterocycles. The summed E-state index contributed by atoms with van der Waals surface area (Å²) < 4.78 is 21.5. The highest BCUT2D eigenvalue weighted by Gasteiger charge is 2.16. The van der Waals surface area contributed by atoms with Gasteiger partial charge in [-0.3, -0.25) is 4.79 Å². The molecule has 0 aliphatic heterocycles. The van der Waals surface area contributed by atoms with Gasteiger partial charge in [0.2, 0.25) is 0 Å². The van der Waals surface area contributed by atoms with Crippen LogP contribution in [0.15, 0.2) is 36.4 Å². The van der Waals surface area contributed by atoms with Crippen molar-refractivity contribution >= 4 is 11.6 Å². The van der Waals surface area contributed by atoms with E-state index in [1.165, 1.54) is 0 Å². The van der Waals surface area contributed by atoms with Gasteiger partial charge >= 0.3 is 0 Å². The van der Waals surface area contributed by atoms with Crippen molar-refractivity contribution in [2.75, 3.05) is 32.8 Å². The first kappa shape index (κ1) is 18.4. The maximum absolute atomic E-state index is 12.8. The second-order valence-electron chi connectivity index (χ2n) is 5.04. The van der Waals surface area contributed by atoms with Crippen molar-refractivity contribution in [1.29, 1.82) is 0 Å². The largest absolute Gasteiger partial charge is 0.497 e. The van der Waals surface area contributed by atoms with Gasteiger partial charge < -0.3 is 24.3 Å². The summed E-state index contributed by atoms with van der Waals surface area (Å²) in [5.41, 5.74) is 0.897. The van der Waals surface area contributed by atoms with Crippen molar-refractivity contribution in [3.8, 4) is 23.0 Å². The van der Waals surface area contributed by atoms with E-state index in [0.717, 1.165) is 0 Å². The smallest absolute Gasteiger partial charge is 0.259 e. The first-order valence-corrected chi connectivity index (χ1v) is 8.05. The second kappa shape index (κ2) is 8.82. The van der Waals surface area contributed by atoms with Crippen LogP contribution in [0.25, 0.3) is 0 Å². The molecule has 2 aromatic carbocycles. The van der Waals surface area contributed by atoms with Crippen molar-refractivity contribution in [3.05, 3.63) is 42.0 Å². The van der Waals surface area contributed by atoms with Crippen molar-refractivity contribution < 1.29 is 23.7 Å². The third-order valence-corrected chi connectivity index (χ3v) is 3.46. The molecular weight excluding hydrogens is 322 g/mol. The Labute approximate surface area is 147 Å². The molecule has 0 bridgehead atoms. The maximum Gasteiger partial charge on any atom is 0.259 e. The first-order chi connectivity index (χ1) is 12.1. The molecule has 0 saturated carbocycles. The van der Waals surface area contributed by atoms with Crippen LogP contribution in [0.5, 0.6) is 23.0 Å². The maximum atomic E-state index is 12.8. The predicted molar refractivity (Wildman–Crippen MR) is 96.3 cm³/mol. The van der Waals surface area contributed by atoms with E-state index in [2.05, 4.69) is 5.32 Å². The number of nitrogens with one attached hydrogen (secondary N) is 1. The molecule has 6 nitrogen and oxygen atoms in total. The molecule has 0 unspecified atom stereocenters. The van der Waals surface area contributed by atoms with Crippen molar-refractivity contribution in [2.24, 2.45) is 0 Å². The third-order valence-electron chi connectivity index (χ3n) is 3.46. The summed E-state index contributed by atoms with van der Waals surface area (Å²) in [5.74, 6) is 1.92.